The average Bonchev–Trinajstić information content (AvgIpc) is 3.29. The molecule has 176 valence electrons. The van der Waals surface area contributed by atoms with Crippen molar-refractivity contribution in [1.82, 2.24) is 15.2 Å². The summed E-state index contributed by atoms with van der Waals surface area (Å²) in [5.74, 6) is -0.901. The number of thiazole rings is 1. The minimum atomic E-state index is -3.91. The first-order chi connectivity index (χ1) is 16.3. The minimum absolute atomic E-state index is 0.0402. The zero-order valence-corrected chi connectivity index (χ0v) is 20.1. The van der Waals surface area contributed by atoms with Crippen molar-refractivity contribution in [3.63, 3.8) is 0 Å². The number of aromatic nitrogens is 1. The number of amides is 2. The van der Waals surface area contributed by atoms with Crippen LogP contribution >= 0.6 is 11.3 Å². The first-order valence-electron chi connectivity index (χ1n) is 10.8. The molecule has 0 aliphatic carbocycles. The molecule has 2 aromatic carbocycles. The van der Waals surface area contributed by atoms with Gasteiger partial charge in [0.1, 0.15) is 0 Å². The number of nitrogens with one attached hydrogen (secondary N) is 2. The van der Waals surface area contributed by atoms with Crippen molar-refractivity contribution in [1.29, 1.82) is 0 Å². The van der Waals surface area contributed by atoms with Gasteiger partial charge in [0.2, 0.25) is 9.84 Å². The van der Waals surface area contributed by atoms with E-state index in [9.17, 15) is 18.0 Å². The van der Waals surface area contributed by atoms with E-state index in [2.05, 4.69) is 32.5 Å². The molecule has 1 fully saturated rings. The van der Waals surface area contributed by atoms with E-state index >= 15 is 0 Å². The summed E-state index contributed by atoms with van der Waals surface area (Å²) in [6.45, 7) is 4.12. The van der Waals surface area contributed by atoms with Gasteiger partial charge in [0, 0.05) is 42.8 Å². The fourth-order valence-electron chi connectivity index (χ4n) is 3.99. The summed E-state index contributed by atoms with van der Waals surface area (Å²) in [6.07, 6.45) is 1.76. The summed E-state index contributed by atoms with van der Waals surface area (Å²) in [4.78, 5) is 35.2. The number of nitrogens with zero attached hydrogens (tertiary/aromatic N) is 3. The van der Waals surface area contributed by atoms with Gasteiger partial charge in [-0.2, -0.15) is 0 Å². The van der Waals surface area contributed by atoms with Crippen molar-refractivity contribution in [2.24, 2.45) is 0 Å². The Labute approximate surface area is 201 Å². The normalized spacial score (nSPS) is 17.3. The molecule has 3 aromatic rings. The highest BCUT2D eigenvalue weighted by atomic mass is 32.2. The second-order valence-corrected chi connectivity index (χ2v) is 11.2. The highest BCUT2D eigenvalue weighted by molar-refractivity contribution is 7.91. The summed E-state index contributed by atoms with van der Waals surface area (Å²) in [5.41, 5.74) is 0.416. The lowest BCUT2D eigenvalue weighted by Gasteiger charge is -2.32. The molecule has 2 N–H and O–H groups in total. The quantitative estimate of drug-likeness (QED) is 0.569. The van der Waals surface area contributed by atoms with Crippen LogP contribution in [0.2, 0.25) is 0 Å². The van der Waals surface area contributed by atoms with Gasteiger partial charge in [-0.3, -0.25) is 9.59 Å². The van der Waals surface area contributed by atoms with Crippen LogP contribution < -0.4 is 15.5 Å². The molecule has 0 unspecified atom stereocenters. The maximum Gasteiger partial charge on any atom is 0.257 e. The Kier molecular flexibility index (Phi) is 5.84. The van der Waals surface area contributed by atoms with Crippen LogP contribution in [-0.2, 0) is 16.4 Å². The largest absolute Gasteiger partial charge is 0.347 e. The van der Waals surface area contributed by atoms with E-state index < -0.39 is 15.7 Å². The van der Waals surface area contributed by atoms with Crippen LogP contribution in [-0.4, -0.2) is 63.3 Å². The molecule has 34 heavy (non-hydrogen) atoms. The van der Waals surface area contributed by atoms with E-state index in [1.807, 2.05) is 0 Å². The number of hydrogen-bond acceptors (Lipinski definition) is 8. The van der Waals surface area contributed by atoms with Crippen molar-refractivity contribution < 1.29 is 18.0 Å². The van der Waals surface area contributed by atoms with Gasteiger partial charge in [-0.1, -0.05) is 12.1 Å². The molecule has 2 aliphatic rings. The molecule has 1 aromatic heterocycles. The summed E-state index contributed by atoms with van der Waals surface area (Å²) >= 11 is 1.54. The van der Waals surface area contributed by atoms with Crippen LogP contribution in [0.3, 0.4) is 0 Å². The highest BCUT2D eigenvalue weighted by Crippen LogP contribution is 2.34. The lowest BCUT2D eigenvalue weighted by Crippen LogP contribution is -2.44. The molecule has 9 nitrogen and oxygen atoms in total. The van der Waals surface area contributed by atoms with Crippen molar-refractivity contribution in [2.45, 2.75) is 16.3 Å². The number of carbonyl (C=O) groups excluding carboxylic acids is 2. The topological polar surface area (TPSA) is 112 Å². The molecule has 3 heterocycles. The number of hydrogen-bond donors (Lipinski definition) is 2. The van der Waals surface area contributed by atoms with Gasteiger partial charge in [-0.05, 0) is 37.4 Å². The molecular formula is C23H23N5O4S2. The summed E-state index contributed by atoms with van der Waals surface area (Å²) < 4.78 is 26.2. The Morgan fingerprint density at radius 3 is 2.68 bits per heavy atom. The Bertz CT molecular complexity index is 1380. The van der Waals surface area contributed by atoms with E-state index in [1.165, 1.54) is 30.3 Å². The molecule has 11 heteroatoms. The first kappa shape index (κ1) is 22.5. The summed E-state index contributed by atoms with van der Waals surface area (Å²) in [5, 5.41) is 6.42. The van der Waals surface area contributed by atoms with Crippen molar-refractivity contribution in [3.05, 3.63) is 64.7 Å². The SMILES string of the molecule is CN1CCN(c2ncc(CNC(=O)c3ccc4c(c3)NC(=O)c3ccccc3S4(=O)=O)s2)CC1. The smallest absolute Gasteiger partial charge is 0.257 e. The fraction of sp³-hybridized carbons (Fsp3) is 0.261. The number of benzene rings is 2. The van der Waals surface area contributed by atoms with Crippen LogP contribution in [0.1, 0.15) is 25.6 Å². The second kappa shape index (κ2) is 8.82. The number of anilines is 2. The second-order valence-electron chi connectivity index (χ2n) is 8.25. The Morgan fingerprint density at radius 1 is 1.12 bits per heavy atom. The van der Waals surface area contributed by atoms with Gasteiger partial charge in [0.15, 0.2) is 5.13 Å². The third-order valence-electron chi connectivity index (χ3n) is 5.94. The Morgan fingerprint density at radius 2 is 1.88 bits per heavy atom. The average molecular weight is 498 g/mol. The molecule has 0 spiro atoms. The van der Waals surface area contributed by atoms with E-state index in [-0.39, 0.29) is 32.5 Å². The predicted octanol–water partition coefficient (Wildman–Crippen LogP) is 2.22. The highest BCUT2D eigenvalue weighted by Gasteiger charge is 2.31. The number of sulfone groups is 1. The molecule has 2 amide bonds. The lowest BCUT2D eigenvalue weighted by atomic mass is 10.1. The third-order valence-corrected chi connectivity index (χ3v) is 8.87. The number of carbonyl (C=O) groups is 2. The van der Waals surface area contributed by atoms with Crippen LogP contribution in [0.5, 0.6) is 0 Å². The standard InChI is InChI=1S/C23H23N5O4S2/c1-27-8-10-28(11-9-27)23-25-14-16(33-23)13-24-21(29)15-6-7-20-18(12-15)26-22(30)17-4-2-3-5-19(17)34(20,31)32/h2-7,12,14H,8-11,13H2,1H3,(H,24,29)(H,26,30). The third kappa shape index (κ3) is 4.17. The van der Waals surface area contributed by atoms with Crippen LogP contribution in [0.4, 0.5) is 10.8 Å². The Hall–Kier alpha value is -3.28. The maximum atomic E-state index is 13.1. The minimum Gasteiger partial charge on any atom is -0.347 e. The van der Waals surface area contributed by atoms with Crippen LogP contribution in [0, 0.1) is 0 Å². The number of rotatable bonds is 4. The predicted molar refractivity (Wildman–Crippen MR) is 129 cm³/mol. The van der Waals surface area contributed by atoms with E-state index in [4.69, 9.17) is 0 Å². The fourth-order valence-corrected chi connectivity index (χ4v) is 6.49. The number of piperazine rings is 1. The molecule has 5 rings (SSSR count). The summed E-state index contributed by atoms with van der Waals surface area (Å²) in [7, 11) is -1.81. The van der Waals surface area contributed by atoms with Gasteiger partial charge in [-0.25, -0.2) is 13.4 Å². The van der Waals surface area contributed by atoms with Crippen molar-refractivity contribution in [3.8, 4) is 0 Å². The first-order valence-corrected chi connectivity index (χ1v) is 13.1. The molecule has 0 atom stereocenters. The lowest BCUT2D eigenvalue weighted by molar-refractivity contribution is 0.0949. The van der Waals surface area contributed by atoms with Crippen LogP contribution in [0.15, 0.2) is 58.5 Å². The van der Waals surface area contributed by atoms with E-state index in [0.29, 0.717) is 6.54 Å². The zero-order valence-electron chi connectivity index (χ0n) is 18.4. The molecule has 2 aliphatic heterocycles. The molecule has 0 bridgehead atoms. The van der Waals surface area contributed by atoms with E-state index in [0.717, 1.165) is 36.2 Å². The molecular weight excluding hydrogens is 474 g/mol. The van der Waals surface area contributed by atoms with Gasteiger partial charge >= 0.3 is 0 Å². The number of fused-ring (bicyclic) bond motifs is 2. The monoisotopic (exact) mass is 497 g/mol. The van der Waals surface area contributed by atoms with Crippen LogP contribution in [0.25, 0.3) is 0 Å². The van der Waals surface area contributed by atoms with Gasteiger partial charge < -0.3 is 20.4 Å². The number of likely N-dealkylation sites (N-methyl/N-ethyl adjacent to an activating group) is 1. The van der Waals surface area contributed by atoms with Gasteiger partial charge in [0.05, 0.1) is 27.6 Å². The maximum absolute atomic E-state index is 13.1. The summed E-state index contributed by atoms with van der Waals surface area (Å²) in [6, 6.07) is 10.3. The molecule has 0 saturated carbocycles. The van der Waals surface area contributed by atoms with Crippen molar-refractivity contribution >= 4 is 43.8 Å². The zero-order chi connectivity index (χ0) is 23.9. The molecule has 0 radical (unpaired) electrons. The van der Waals surface area contributed by atoms with Crippen molar-refractivity contribution in [2.75, 3.05) is 43.4 Å². The Balaban J connectivity index is 1.31. The van der Waals surface area contributed by atoms with Gasteiger partial charge in [-0.15, -0.1) is 11.3 Å². The van der Waals surface area contributed by atoms with E-state index in [1.54, 1.807) is 29.7 Å². The van der Waals surface area contributed by atoms with Gasteiger partial charge in [0.25, 0.3) is 11.8 Å². The molecule has 1 saturated heterocycles.